The highest BCUT2D eigenvalue weighted by atomic mass is 79.9. The molecule has 5 nitrogen and oxygen atoms in total. The maximum absolute atomic E-state index is 12.7. The van der Waals surface area contributed by atoms with Crippen molar-refractivity contribution in [3.8, 4) is 11.5 Å². The van der Waals surface area contributed by atoms with Crippen LogP contribution in [0.15, 0.2) is 71.5 Å². The largest absolute Gasteiger partial charge is 0.493 e. The van der Waals surface area contributed by atoms with Crippen LogP contribution in [0, 0.1) is 0 Å². The van der Waals surface area contributed by atoms with Gasteiger partial charge in [-0.15, -0.1) is 0 Å². The fourth-order valence-corrected chi connectivity index (χ4v) is 3.27. The first-order valence-electron chi connectivity index (χ1n) is 8.83. The summed E-state index contributed by atoms with van der Waals surface area (Å²) in [4.78, 5) is 16.8. The summed E-state index contributed by atoms with van der Waals surface area (Å²) in [7, 11) is 1.55. The number of nitrogens with one attached hydrogen (secondary N) is 1. The SMILES string of the molecule is COc1cc(C(=O)N[C@@H](C)c2cccnc2)cc(Br)c1OCc1ccccc1. The van der Waals surface area contributed by atoms with Crippen LogP contribution in [-0.4, -0.2) is 18.0 Å². The van der Waals surface area contributed by atoms with Crippen LogP contribution in [0.5, 0.6) is 11.5 Å². The molecule has 1 heterocycles. The summed E-state index contributed by atoms with van der Waals surface area (Å²) >= 11 is 3.50. The lowest BCUT2D eigenvalue weighted by Gasteiger charge is -2.17. The molecule has 0 spiro atoms. The number of nitrogens with zero attached hydrogens (tertiary/aromatic N) is 1. The van der Waals surface area contributed by atoms with E-state index < -0.39 is 0 Å². The van der Waals surface area contributed by atoms with Crippen molar-refractivity contribution in [2.75, 3.05) is 7.11 Å². The van der Waals surface area contributed by atoms with Gasteiger partial charge in [0, 0.05) is 18.0 Å². The maximum Gasteiger partial charge on any atom is 0.251 e. The van der Waals surface area contributed by atoms with Gasteiger partial charge < -0.3 is 14.8 Å². The minimum atomic E-state index is -0.204. The highest BCUT2D eigenvalue weighted by molar-refractivity contribution is 9.10. The standard InChI is InChI=1S/C22H21BrN2O3/c1-15(17-9-6-10-24-13-17)25-22(26)18-11-19(23)21(20(12-18)27-2)28-14-16-7-4-3-5-8-16/h3-13,15H,14H2,1-2H3,(H,25,26)/t15-/m0/s1. The van der Waals surface area contributed by atoms with Crippen LogP contribution in [0.3, 0.4) is 0 Å². The van der Waals surface area contributed by atoms with E-state index in [4.69, 9.17) is 9.47 Å². The predicted octanol–water partition coefficient (Wildman–Crippen LogP) is 4.92. The van der Waals surface area contributed by atoms with Crippen molar-refractivity contribution in [3.05, 3.63) is 88.2 Å². The highest BCUT2D eigenvalue weighted by Crippen LogP contribution is 2.37. The molecule has 1 atom stereocenters. The Kier molecular flexibility index (Phi) is 6.66. The van der Waals surface area contributed by atoms with Crippen LogP contribution in [0.2, 0.25) is 0 Å². The molecule has 1 amide bonds. The number of methoxy groups -OCH3 is 1. The molecular weight excluding hydrogens is 420 g/mol. The van der Waals surface area contributed by atoms with Crippen molar-refractivity contribution in [2.24, 2.45) is 0 Å². The van der Waals surface area contributed by atoms with Crippen LogP contribution in [0.4, 0.5) is 0 Å². The number of hydrogen-bond donors (Lipinski definition) is 1. The zero-order valence-corrected chi connectivity index (χ0v) is 17.3. The van der Waals surface area contributed by atoms with Gasteiger partial charge in [-0.2, -0.15) is 0 Å². The van der Waals surface area contributed by atoms with Crippen LogP contribution in [-0.2, 0) is 6.61 Å². The van der Waals surface area contributed by atoms with E-state index in [1.165, 1.54) is 0 Å². The van der Waals surface area contributed by atoms with Crippen molar-refractivity contribution >= 4 is 21.8 Å². The zero-order valence-electron chi connectivity index (χ0n) is 15.7. The second-order valence-corrected chi connectivity index (χ2v) is 7.10. The first-order chi connectivity index (χ1) is 13.6. The molecule has 0 aliphatic heterocycles. The number of amides is 1. The van der Waals surface area contributed by atoms with Gasteiger partial charge in [0.15, 0.2) is 11.5 Å². The lowest BCUT2D eigenvalue weighted by molar-refractivity contribution is 0.0939. The van der Waals surface area contributed by atoms with Gasteiger partial charge in [0.05, 0.1) is 17.6 Å². The van der Waals surface area contributed by atoms with Crippen molar-refractivity contribution in [1.29, 1.82) is 0 Å². The smallest absolute Gasteiger partial charge is 0.251 e. The fourth-order valence-electron chi connectivity index (χ4n) is 2.72. The molecular formula is C22H21BrN2O3. The number of ether oxygens (including phenoxy) is 2. The van der Waals surface area contributed by atoms with E-state index in [1.807, 2.05) is 49.4 Å². The van der Waals surface area contributed by atoms with E-state index in [-0.39, 0.29) is 11.9 Å². The van der Waals surface area contributed by atoms with Gasteiger partial charge >= 0.3 is 0 Å². The Labute approximate surface area is 172 Å². The summed E-state index contributed by atoms with van der Waals surface area (Å²) in [5.41, 5.74) is 2.46. The van der Waals surface area contributed by atoms with Gasteiger partial charge in [-0.25, -0.2) is 0 Å². The third-order valence-electron chi connectivity index (χ3n) is 4.25. The molecule has 1 N–H and O–H groups in total. The topological polar surface area (TPSA) is 60.5 Å². The molecule has 0 unspecified atom stereocenters. The van der Waals surface area contributed by atoms with Crippen LogP contribution < -0.4 is 14.8 Å². The molecule has 1 aromatic heterocycles. The molecule has 0 saturated heterocycles. The normalized spacial score (nSPS) is 11.5. The van der Waals surface area contributed by atoms with Gasteiger partial charge in [0.1, 0.15) is 6.61 Å². The number of pyridine rings is 1. The highest BCUT2D eigenvalue weighted by Gasteiger charge is 2.17. The molecule has 0 saturated carbocycles. The lowest BCUT2D eigenvalue weighted by atomic mass is 10.1. The number of carbonyl (C=O) groups is 1. The minimum absolute atomic E-state index is 0.167. The second-order valence-electron chi connectivity index (χ2n) is 6.25. The van der Waals surface area contributed by atoms with Crippen LogP contribution in [0.1, 0.15) is 34.5 Å². The molecule has 0 radical (unpaired) electrons. The summed E-state index contributed by atoms with van der Waals surface area (Å²) in [5.74, 6) is 0.845. The van der Waals surface area contributed by atoms with Gasteiger partial charge in [0.25, 0.3) is 5.91 Å². The third-order valence-corrected chi connectivity index (χ3v) is 4.84. The van der Waals surface area contributed by atoms with E-state index in [1.54, 1.807) is 31.6 Å². The van der Waals surface area contributed by atoms with E-state index in [0.717, 1.165) is 11.1 Å². The molecule has 3 rings (SSSR count). The van der Waals surface area contributed by atoms with Crippen molar-refractivity contribution < 1.29 is 14.3 Å². The number of hydrogen-bond acceptors (Lipinski definition) is 4. The second kappa shape index (κ2) is 9.37. The quantitative estimate of drug-likeness (QED) is 0.565. The number of carbonyl (C=O) groups excluding carboxylic acids is 1. The number of aromatic nitrogens is 1. The molecule has 0 aliphatic carbocycles. The maximum atomic E-state index is 12.7. The van der Waals surface area contributed by atoms with E-state index in [2.05, 4.69) is 26.2 Å². The Morgan fingerprint density at radius 1 is 1.18 bits per heavy atom. The summed E-state index contributed by atoms with van der Waals surface area (Å²) in [5, 5.41) is 2.97. The zero-order chi connectivity index (χ0) is 19.9. The minimum Gasteiger partial charge on any atom is -0.493 e. The van der Waals surface area contributed by atoms with Crippen LogP contribution in [0.25, 0.3) is 0 Å². The molecule has 28 heavy (non-hydrogen) atoms. The van der Waals surface area contributed by atoms with Gasteiger partial charge in [-0.05, 0) is 52.2 Å². The lowest BCUT2D eigenvalue weighted by Crippen LogP contribution is -2.26. The van der Waals surface area contributed by atoms with Gasteiger partial charge in [-0.3, -0.25) is 9.78 Å². The first-order valence-corrected chi connectivity index (χ1v) is 9.63. The Bertz CT molecular complexity index is 933. The van der Waals surface area contributed by atoms with Gasteiger partial charge in [0.2, 0.25) is 0 Å². The molecule has 2 aromatic carbocycles. The van der Waals surface area contributed by atoms with E-state index >= 15 is 0 Å². The Morgan fingerprint density at radius 2 is 1.96 bits per heavy atom. The monoisotopic (exact) mass is 440 g/mol. The summed E-state index contributed by atoms with van der Waals surface area (Å²) in [6, 6.07) is 16.9. The predicted molar refractivity (Wildman–Crippen MR) is 112 cm³/mol. The number of benzene rings is 2. The van der Waals surface area contributed by atoms with Crippen molar-refractivity contribution in [3.63, 3.8) is 0 Å². The first kappa shape index (κ1) is 19.9. The summed E-state index contributed by atoms with van der Waals surface area (Å²) in [6.45, 7) is 2.32. The fraction of sp³-hybridized carbons (Fsp3) is 0.182. The van der Waals surface area contributed by atoms with Crippen molar-refractivity contribution in [1.82, 2.24) is 10.3 Å². The number of rotatable bonds is 7. The van der Waals surface area contributed by atoms with Crippen molar-refractivity contribution in [2.45, 2.75) is 19.6 Å². The average Bonchev–Trinajstić information content (AvgIpc) is 2.73. The Balaban J connectivity index is 1.75. The van der Waals surface area contributed by atoms with E-state index in [0.29, 0.717) is 28.1 Å². The third kappa shape index (κ3) is 4.89. The Hall–Kier alpha value is -2.86. The summed E-state index contributed by atoms with van der Waals surface area (Å²) < 4.78 is 12.0. The van der Waals surface area contributed by atoms with Gasteiger partial charge in [-0.1, -0.05) is 36.4 Å². The van der Waals surface area contributed by atoms with Crippen LogP contribution >= 0.6 is 15.9 Å². The average molecular weight is 441 g/mol. The molecule has 0 bridgehead atoms. The van der Waals surface area contributed by atoms with E-state index in [9.17, 15) is 4.79 Å². The molecule has 3 aromatic rings. The number of halogens is 1. The molecule has 0 aliphatic rings. The molecule has 144 valence electrons. The molecule has 0 fully saturated rings. The Morgan fingerprint density at radius 3 is 2.64 bits per heavy atom. The summed E-state index contributed by atoms with van der Waals surface area (Å²) in [6.07, 6.45) is 3.44. The molecule has 6 heteroatoms.